The maximum atomic E-state index is 11.5. The van der Waals surface area contributed by atoms with Gasteiger partial charge in [0.15, 0.2) is 0 Å². The van der Waals surface area contributed by atoms with Crippen LogP contribution >= 0.6 is 15.9 Å². The monoisotopic (exact) mass is 330 g/mol. The van der Waals surface area contributed by atoms with E-state index in [1.807, 2.05) is 42.5 Å². The second-order valence-electron chi connectivity index (χ2n) is 4.36. The van der Waals surface area contributed by atoms with Crippen molar-refractivity contribution in [1.29, 1.82) is 0 Å². The fourth-order valence-electron chi connectivity index (χ4n) is 2.14. The molecule has 3 rings (SSSR count). The predicted molar refractivity (Wildman–Crippen MR) is 82.7 cm³/mol. The van der Waals surface area contributed by atoms with Crippen molar-refractivity contribution in [3.05, 3.63) is 58.6 Å². The van der Waals surface area contributed by atoms with Crippen LogP contribution < -0.4 is 5.32 Å². The second kappa shape index (κ2) is 5.02. The summed E-state index contributed by atoms with van der Waals surface area (Å²) in [5.74, 6) is -0.469. The van der Waals surface area contributed by atoms with Crippen LogP contribution in [0.25, 0.3) is 10.9 Å². The van der Waals surface area contributed by atoms with Crippen molar-refractivity contribution in [3.63, 3.8) is 0 Å². The van der Waals surface area contributed by atoms with Gasteiger partial charge in [0.2, 0.25) is 0 Å². The van der Waals surface area contributed by atoms with Gasteiger partial charge >= 0.3 is 5.97 Å². The highest BCUT2D eigenvalue weighted by molar-refractivity contribution is 9.10. The lowest BCUT2D eigenvalue weighted by Crippen LogP contribution is -2.01. The average molecular weight is 331 g/mol. The molecule has 0 radical (unpaired) electrons. The van der Waals surface area contributed by atoms with E-state index in [9.17, 15) is 9.90 Å². The molecule has 4 nitrogen and oxygen atoms in total. The third-order valence-corrected chi connectivity index (χ3v) is 3.56. The van der Waals surface area contributed by atoms with Crippen molar-refractivity contribution in [2.75, 3.05) is 5.32 Å². The summed E-state index contributed by atoms with van der Waals surface area (Å²) < 4.78 is 0.971. The first-order valence-corrected chi connectivity index (χ1v) is 6.81. The molecule has 2 aromatic carbocycles. The smallest absolute Gasteiger partial charge is 0.340 e. The quantitative estimate of drug-likeness (QED) is 0.668. The van der Waals surface area contributed by atoms with E-state index in [1.165, 1.54) is 0 Å². The van der Waals surface area contributed by atoms with E-state index >= 15 is 0 Å². The summed E-state index contributed by atoms with van der Waals surface area (Å²) in [6.07, 6.45) is 0. The van der Waals surface area contributed by atoms with Crippen LogP contribution in [0.4, 0.5) is 11.5 Å². The zero-order valence-electron chi connectivity index (χ0n) is 10.4. The van der Waals surface area contributed by atoms with E-state index in [4.69, 9.17) is 0 Å². The standard InChI is InChI=1S/C15H11BrN2O2/c16-9-5-7-10(8-6-9)17-14-13(15(19)20)11-3-1-2-4-12(11)18-14/h1-8,17-18H,(H,19,20). The van der Waals surface area contributed by atoms with Gasteiger partial charge in [-0.05, 0) is 30.3 Å². The molecule has 0 aliphatic rings. The first kappa shape index (κ1) is 12.7. The summed E-state index contributed by atoms with van der Waals surface area (Å²) in [5, 5.41) is 13.2. The first-order chi connectivity index (χ1) is 9.65. The summed E-state index contributed by atoms with van der Waals surface area (Å²) >= 11 is 3.37. The maximum Gasteiger partial charge on any atom is 0.340 e. The fraction of sp³-hybridized carbons (Fsp3) is 0. The zero-order chi connectivity index (χ0) is 14.1. The van der Waals surface area contributed by atoms with Gasteiger partial charge in [0, 0.05) is 21.1 Å². The maximum absolute atomic E-state index is 11.5. The number of hydrogen-bond donors (Lipinski definition) is 3. The van der Waals surface area contributed by atoms with Crippen molar-refractivity contribution in [3.8, 4) is 0 Å². The van der Waals surface area contributed by atoms with E-state index in [2.05, 4.69) is 26.2 Å². The number of aromatic nitrogens is 1. The van der Waals surface area contributed by atoms with Gasteiger partial charge in [-0.15, -0.1) is 0 Å². The molecule has 100 valence electrons. The highest BCUT2D eigenvalue weighted by atomic mass is 79.9. The molecule has 0 bridgehead atoms. The van der Waals surface area contributed by atoms with E-state index in [1.54, 1.807) is 6.07 Å². The lowest BCUT2D eigenvalue weighted by atomic mass is 10.1. The van der Waals surface area contributed by atoms with E-state index in [-0.39, 0.29) is 5.56 Å². The highest BCUT2D eigenvalue weighted by Gasteiger charge is 2.17. The van der Waals surface area contributed by atoms with Crippen LogP contribution in [0.3, 0.4) is 0 Å². The second-order valence-corrected chi connectivity index (χ2v) is 5.27. The van der Waals surface area contributed by atoms with Crippen molar-refractivity contribution in [2.24, 2.45) is 0 Å². The number of para-hydroxylation sites is 1. The van der Waals surface area contributed by atoms with E-state index in [0.29, 0.717) is 11.2 Å². The van der Waals surface area contributed by atoms with E-state index in [0.717, 1.165) is 15.7 Å². The highest BCUT2D eigenvalue weighted by Crippen LogP contribution is 2.28. The molecule has 1 aromatic heterocycles. The predicted octanol–water partition coefficient (Wildman–Crippen LogP) is 4.37. The van der Waals surface area contributed by atoms with Crippen LogP contribution in [-0.4, -0.2) is 16.1 Å². The van der Waals surface area contributed by atoms with Crippen LogP contribution in [-0.2, 0) is 0 Å². The van der Waals surface area contributed by atoms with Gasteiger partial charge in [-0.1, -0.05) is 34.1 Å². The fourth-order valence-corrected chi connectivity index (χ4v) is 2.40. The van der Waals surface area contributed by atoms with Crippen LogP contribution in [0.1, 0.15) is 10.4 Å². The molecule has 0 spiro atoms. The van der Waals surface area contributed by atoms with Crippen molar-refractivity contribution in [1.82, 2.24) is 4.98 Å². The van der Waals surface area contributed by atoms with Crippen molar-refractivity contribution >= 4 is 44.3 Å². The molecular weight excluding hydrogens is 320 g/mol. The van der Waals surface area contributed by atoms with Crippen LogP contribution in [0.2, 0.25) is 0 Å². The molecule has 0 fully saturated rings. The average Bonchev–Trinajstić information content (AvgIpc) is 2.79. The topological polar surface area (TPSA) is 65.1 Å². The Morgan fingerprint density at radius 3 is 2.50 bits per heavy atom. The largest absolute Gasteiger partial charge is 0.478 e. The normalized spacial score (nSPS) is 10.7. The molecule has 0 saturated heterocycles. The van der Waals surface area contributed by atoms with Gasteiger partial charge in [0.05, 0.1) is 0 Å². The van der Waals surface area contributed by atoms with Gasteiger partial charge in [0.25, 0.3) is 0 Å². The zero-order valence-corrected chi connectivity index (χ0v) is 11.9. The number of carboxylic acid groups (broad SMARTS) is 1. The Morgan fingerprint density at radius 1 is 1.10 bits per heavy atom. The number of halogens is 1. The number of benzene rings is 2. The lowest BCUT2D eigenvalue weighted by molar-refractivity contribution is 0.0700. The Balaban J connectivity index is 2.08. The molecule has 5 heteroatoms. The van der Waals surface area contributed by atoms with Gasteiger partial charge in [-0.2, -0.15) is 0 Å². The number of carboxylic acids is 1. The van der Waals surface area contributed by atoms with Crippen LogP contribution in [0.5, 0.6) is 0 Å². The molecule has 0 amide bonds. The molecular formula is C15H11BrN2O2. The van der Waals surface area contributed by atoms with Crippen LogP contribution in [0, 0.1) is 0 Å². The van der Waals surface area contributed by atoms with Crippen molar-refractivity contribution < 1.29 is 9.90 Å². The Bertz CT molecular complexity index is 778. The van der Waals surface area contributed by atoms with E-state index < -0.39 is 5.97 Å². The number of fused-ring (bicyclic) bond motifs is 1. The number of aromatic carboxylic acids is 1. The minimum atomic E-state index is -0.956. The molecule has 0 unspecified atom stereocenters. The minimum Gasteiger partial charge on any atom is -0.478 e. The summed E-state index contributed by atoms with van der Waals surface area (Å²) in [5.41, 5.74) is 1.87. The molecule has 0 aliphatic heterocycles. The number of anilines is 2. The molecule has 3 aromatic rings. The lowest BCUT2D eigenvalue weighted by Gasteiger charge is -2.05. The molecule has 0 saturated carbocycles. The number of carbonyl (C=O) groups is 1. The Hall–Kier alpha value is -2.27. The number of rotatable bonds is 3. The summed E-state index contributed by atoms with van der Waals surface area (Å²) in [6.45, 7) is 0. The minimum absolute atomic E-state index is 0.253. The molecule has 3 N–H and O–H groups in total. The van der Waals surface area contributed by atoms with Crippen molar-refractivity contribution in [2.45, 2.75) is 0 Å². The van der Waals surface area contributed by atoms with Gasteiger partial charge in [0.1, 0.15) is 11.4 Å². The number of hydrogen-bond acceptors (Lipinski definition) is 2. The van der Waals surface area contributed by atoms with Gasteiger partial charge in [-0.25, -0.2) is 4.79 Å². The third-order valence-electron chi connectivity index (χ3n) is 3.03. The summed E-state index contributed by atoms with van der Waals surface area (Å²) in [6, 6.07) is 14.9. The SMILES string of the molecule is O=C(O)c1c(Nc2ccc(Br)cc2)[nH]c2ccccc12. The molecule has 0 aliphatic carbocycles. The van der Waals surface area contributed by atoms with Gasteiger partial charge in [-0.3, -0.25) is 0 Å². The first-order valence-electron chi connectivity index (χ1n) is 6.02. The van der Waals surface area contributed by atoms with Crippen LogP contribution in [0.15, 0.2) is 53.0 Å². The molecule has 20 heavy (non-hydrogen) atoms. The van der Waals surface area contributed by atoms with Gasteiger partial charge < -0.3 is 15.4 Å². The number of nitrogens with one attached hydrogen (secondary N) is 2. The molecule has 0 atom stereocenters. The third kappa shape index (κ3) is 2.28. The Kier molecular flexibility index (Phi) is 3.20. The summed E-state index contributed by atoms with van der Waals surface area (Å²) in [7, 11) is 0. The number of aromatic amines is 1. The number of H-pyrrole nitrogens is 1. The summed E-state index contributed by atoms with van der Waals surface area (Å²) in [4.78, 5) is 14.6. The molecule has 1 heterocycles. The Morgan fingerprint density at radius 2 is 1.80 bits per heavy atom. The Labute approximate surface area is 123 Å².